The van der Waals surface area contributed by atoms with Crippen molar-refractivity contribution in [3.8, 4) is 0 Å². The maximum absolute atomic E-state index is 9.52. The van der Waals surface area contributed by atoms with Crippen LogP contribution >= 0.6 is 11.6 Å². The Kier molecular flexibility index (Phi) is 7.01. The maximum atomic E-state index is 9.52. The Labute approximate surface area is 168 Å². The molecule has 2 unspecified atom stereocenters. The molecule has 1 aliphatic carbocycles. The van der Waals surface area contributed by atoms with Gasteiger partial charge >= 0.3 is 0 Å². The number of piperidine rings is 1. The Bertz CT molecular complexity index is 647. The van der Waals surface area contributed by atoms with E-state index in [0.29, 0.717) is 18.5 Å². The van der Waals surface area contributed by atoms with Crippen molar-refractivity contribution < 1.29 is 5.11 Å². The minimum Gasteiger partial charge on any atom is -0.396 e. The highest BCUT2D eigenvalue weighted by Gasteiger charge is 2.41. The summed E-state index contributed by atoms with van der Waals surface area (Å²) in [5, 5.41) is 17.2. The Balaban J connectivity index is 1.66. The molecular weight excluding hydrogens is 360 g/mol. The zero-order chi connectivity index (χ0) is 19.3. The molecule has 3 N–H and O–H groups in total. The molecule has 27 heavy (non-hydrogen) atoms. The van der Waals surface area contributed by atoms with E-state index in [1.165, 1.54) is 18.4 Å². The largest absolute Gasteiger partial charge is 0.396 e. The fraction of sp³-hybridized carbons (Fsp3) is 0.667. The van der Waals surface area contributed by atoms with Gasteiger partial charge in [-0.15, -0.1) is 0 Å². The molecule has 5 nitrogen and oxygen atoms in total. The molecule has 0 amide bonds. The number of likely N-dealkylation sites (tertiary alicyclic amines) is 1. The highest BCUT2D eigenvalue weighted by Crippen LogP contribution is 2.45. The molecule has 0 aromatic heterocycles. The van der Waals surface area contributed by atoms with Crippen LogP contribution in [0.1, 0.15) is 44.2 Å². The molecule has 1 aromatic rings. The van der Waals surface area contributed by atoms with Crippen LogP contribution < -0.4 is 10.6 Å². The summed E-state index contributed by atoms with van der Waals surface area (Å²) < 4.78 is 0. The Morgan fingerprint density at radius 2 is 2.19 bits per heavy atom. The second-order valence-corrected chi connectivity index (χ2v) is 8.55. The van der Waals surface area contributed by atoms with Crippen molar-refractivity contribution in [1.29, 1.82) is 0 Å². The molecule has 1 aliphatic heterocycles. The van der Waals surface area contributed by atoms with Crippen LogP contribution in [0.5, 0.6) is 0 Å². The molecule has 2 fully saturated rings. The number of nitrogens with zero attached hydrogens (tertiary/aromatic N) is 2. The third-order valence-electron chi connectivity index (χ3n) is 5.94. The van der Waals surface area contributed by atoms with E-state index in [-0.39, 0.29) is 12.0 Å². The van der Waals surface area contributed by atoms with E-state index in [1.54, 1.807) is 0 Å². The topological polar surface area (TPSA) is 59.9 Å². The lowest BCUT2D eigenvalue weighted by Crippen LogP contribution is -2.45. The number of aliphatic imine (C=N–C) groups is 1. The van der Waals surface area contributed by atoms with Gasteiger partial charge in [-0.1, -0.05) is 23.7 Å². The molecule has 3 rings (SSSR count). The zero-order valence-electron chi connectivity index (χ0n) is 16.5. The smallest absolute Gasteiger partial charge is 0.191 e. The zero-order valence-corrected chi connectivity index (χ0v) is 17.3. The molecule has 0 bridgehead atoms. The van der Waals surface area contributed by atoms with Crippen LogP contribution in [0.2, 0.25) is 5.02 Å². The summed E-state index contributed by atoms with van der Waals surface area (Å²) in [4.78, 5) is 7.17. The van der Waals surface area contributed by atoms with Gasteiger partial charge in [0.25, 0.3) is 0 Å². The van der Waals surface area contributed by atoms with Gasteiger partial charge in [-0.05, 0) is 69.8 Å². The first-order valence-corrected chi connectivity index (χ1v) is 10.5. The third-order valence-corrected chi connectivity index (χ3v) is 6.17. The number of halogens is 1. The van der Waals surface area contributed by atoms with Crippen molar-refractivity contribution in [2.24, 2.45) is 16.3 Å². The Morgan fingerprint density at radius 1 is 1.37 bits per heavy atom. The van der Waals surface area contributed by atoms with Crippen LogP contribution in [0.4, 0.5) is 0 Å². The Hall–Kier alpha value is -1.30. The summed E-state index contributed by atoms with van der Waals surface area (Å²) in [6, 6.07) is 8.62. The van der Waals surface area contributed by atoms with E-state index in [1.807, 2.05) is 12.1 Å². The van der Waals surface area contributed by atoms with Crippen molar-refractivity contribution in [3.63, 3.8) is 0 Å². The van der Waals surface area contributed by atoms with Crippen LogP contribution in [-0.2, 0) is 0 Å². The highest BCUT2D eigenvalue weighted by molar-refractivity contribution is 6.30. The molecular formula is C21H33ClN4O. The van der Waals surface area contributed by atoms with Crippen LogP contribution in [0, 0.1) is 11.3 Å². The number of guanidine groups is 1. The van der Waals surface area contributed by atoms with Crippen molar-refractivity contribution in [3.05, 3.63) is 34.9 Å². The van der Waals surface area contributed by atoms with Gasteiger partial charge in [0.2, 0.25) is 0 Å². The summed E-state index contributed by atoms with van der Waals surface area (Å²) in [6.45, 7) is 5.83. The molecule has 2 atom stereocenters. The number of aliphatic hydroxyl groups is 1. The number of rotatable bonds is 7. The second-order valence-electron chi connectivity index (χ2n) is 8.12. The molecule has 2 aliphatic rings. The number of hydrogen-bond acceptors (Lipinski definition) is 3. The summed E-state index contributed by atoms with van der Waals surface area (Å²) in [6.07, 6.45) is 4.56. The molecule has 1 heterocycles. The predicted octanol–water partition coefficient (Wildman–Crippen LogP) is 3.05. The van der Waals surface area contributed by atoms with Gasteiger partial charge < -0.3 is 15.7 Å². The monoisotopic (exact) mass is 392 g/mol. The lowest BCUT2D eigenvalue weighted by molar-refractivity contribution is 0.122. The third kappa shape index (κ3) is 5.37. The van der Waals surface area contributed by atoms with Gasteiger partial charge in [0.15, 0.2) is 5.96 Å². The first-order valence-electron chi connectivity index (χ1n) is 10.2. The summed E-state index contributed by atoms with van der Waals surface area (Å²) in [7, 11) is 2.20. The van der Waals surface area contributed by atoms with E-state index in [0.717, 1.165) is 43.5 Å². The van der Waals surface area contributed by atoms with E-state index in [4.69, 9.17) is 16.6 Å². The first kappa shape index (κ1) is 20.4. The molecule has 150 valence electrons. The Morgan fingerprint density at radius 3 is 2.85 bits per heavy atom. The van der Waals surface area contributed by atoms with E-state index in [9.17, 15) is 5.11 Å². The minimum absolute atomic E-state index is 0.0384. The summed E-state index contributed by atoms with van der Waals surface area (Å²) in [5.41, 5.74) is 1.33. The van der Waals surface area contributed by atoms with Gasteiger partial charge in [0, 0.05) is 29.6 Å². The van der Waals surface area contributed by atoms with Crippen LogP contribution in [-0.4, -0.2) is 55.8 Å². The number of hydrogen-bond donors (Lipinski definition) is 3. The van der Waals surface area contributed by atoms with Crippen LogP contribution in [0.3, 0.4) is 0 Å². The highest BCUT2D eigenvalue weighted by atomic mass is 35.5. The SMILES string of the molecule is CCNC(=NCC1(CO)CC1)NCC1CCCN(C)C1c1cccc(Cl)c1. The molecule has 1 saturated carbocycles. The number of benzene rings is 1. The summed E-state index contributed by atoms with van der Waals surface area (Å²) in [5.74, 6) is 1.36. The first-order chi connectivity index (χ1) is 13.1. The lowest BCUT2D eigenvalue weighted by Gasteiger charge is -2.40. The predicted molar refractivity (Wildman–Crippen MR) is 112 cm³/mol. The fourth-order valence-corrected chi connectivity index (χ4v) is 4.25. The van der Waals surface area contributed by atoms with Gasteiger partial charge in [-0.3, -0.25) is 9.89 Å². The van der Waals surface area contributed by atoms with E-state index >= 15 is 0 Å². The maximum Gasteiger partial charge on any atom is 0.191 e. The summed E-state index contributed by atoms with van der Waals surface area (Å²) >= 11 is 6.25. The van der Waals surface area contributed by atoms with Gasteiger partial charge in [-0.25, -0.2) is 0 Å². The number of nitrogens with one attached hydrogen (secondary N) is 2. The molecule has 6 heteroatoms. The molecule has 0 radical (unpaired) electrons. The molecule has 0 spiro atoms. The quantitative estimate of drug-likeness (QED) is 0.493. The van der Waals surface area contributed by atoms with Crippen LogP contribution in [0.25, 0.3) is 0 Å². The molecule has 1 saturated heterocycles. The number of aliphatic hydroxyl groups excluding tert-OH is 1. The fourth-order valence-electron chi connectivity index (χ4n) is 4.05. The average molecular weight is 393 g/mol. The average Bonchev–Trinajstić information content (AvgIpc) is 3.44. The molecule has 1 aromatic carbocycles. The van der Waals surface area contributed by atoms with Crippen molar-refractivity contribution >= 4 is 17.6 Å². The standard InChI is InChI=1S/C21H33ClN4O/c1-3-23-20(25-14-21(15-27)9-10-21)24-13-17-7-5-11-26(2)19(17)16-6-4-8-18(22)12-16/h4,6,8,12,17,19,27H,3,5,7,9-11,13-15H2,1-2H3,(H2,23,24,25). The lowest BCUT2D eigenvalue weighted by atomic mass is 9.85. The van der Waals surface area contributed by atoms with Crippen molar-refractivity contribution in [2.45, 2.75) is 38.6 Å². The normalized spacial score (nSPS) is 25.3. The van der Waals surface area contributed by atoms with E-state index in [2.05, 4.69) is 41.6 Å². The van der Waals surface area contributed by atoms with E-state index < -0.39 is 0 Å². The van der Waals surface area contributed by atoms with Crippen LogP contribution in [0.15, 0.2) is 29.3 Å². The van der Waals surface area contributed by atoms with Crippen molar-refractivity contribution in [2.75, 3.05) is 39.8 Å². The van der Waals surface area contributed by atoms with Gasteiger partial charge in [0.1, 0.15) is 0 Å². The van der Waals surface area contributed by atoms with Gasteiger partial charge in [-0.2, -0.15) is 0 Å². The minimum atomic E-state index is 0.0384. The van der Waals surface area contributed by atoms with Gasteiger partial charge in [0.05, 0.1) is 13.2 Å². The second kappa shape index (κ2) is 9.26. The van der Waals surface area contributed by atoms with Crippen molar-refractivity contribution in [1.82, 2.24) is 15.5 Å².